The van der Waals surface area contributed by atoms with E-state index in [4.69, 9.17) is 0 Å². The van der Waals surface area contributed by atoms with Gasteiger partial charge in [0.1, 0.15) is 0 Å². The van der Waals surface area contributed by atoms with E-state index >= 15 is 0 Å². The average molecular weight is 503 g/mol. The molecule has 28 heavy (non-hydrogen) atoms. The second kappa shape index (κ2) is 12.4. The fraction of sp³-hybridized carbons (Fsp3) is 0.750. The molecule has 160 valence electrons. The van der Waals surface area contributed by atoms with Gasteiger partial charge in [-0.3, -0.25) is 9.89 Å². The summed E-state index contributed by atoms with van der Waals surface area (Å²) in [6, 6.07) is 2.28. The zero-order chi connectivity index (χ0) is 19.7. The van der Waals surface area contributed by atoms with E-state index < -0.39 is 0 Å². The van der Waals surface area contributed by atoms with E-state index in [1.165, 1.54) is 6.42 Å². The van der Waals surface area contributed by atoms with E-state index in [1.54, 1.807) is 12.4 Å². The first-order valence-electron chi connectivity index (χ1n) is 10.1. The molecule has 2 heterocycles. The number of hydrogen-bond acceptors (Lipinski definition) is 5. The fourth-order valence-electron chi connectivity index (χ4n) is 3.11. The van der Waals surface area contributed by atoms with Crippen LogP contribution in [0, 0.1) is 5.41 Å². The van der Waals surface area contributed by atoms with Crippen molar-refractivity contribution >= 4 is 35.9 Å². The van der Waals surface area contributed by atoms with Crippen LogP contribution in [-0.2, 0) is 0 Å². The Morgan fingerprint density at radius 1 is 1.18 bits per heavy atom. The smallest absolute Gasteiger partial charge is 0.225 e. The summed E-state index contributed by atoms with van der Waals surface area (Å²) in [5.74, 6) is 1.73. The van der Waals surface area contributed by atoms with Crippen LogP contribution in [0.2, 0.25) is 0 Å². The first kappa shape index (κ1) is 24.9. The third-order valence-corrected chi connectivity index (χ3v) is 4.86. The molecule has 1 saturated heterocycles. The van der Waals surface area contributed by atoms with Crippen molar-refractivity contribution in [1.82, 2.24) is 25.5 Å². The number of nitrogens with zero attached hydrogens (tertiary/aromatic N) is 5. The van der Waals surface area contributed by atoms with Gasteiger partial charge in [-0.1, -0.05) is 20.8 Å². The zero-order valence-corrected chi connectivity index (χ0v) is 20.4. The molecule has 7 nitrogen and oxygen atoms in total. The minimum absolute atomic E-state index is 0. The van der Waals surface area contributed by atoms with Crippen LogP contribution in [0.3, 0.4) is 0 Å². The number of aromatic nitrogens is 2. The number of hydrogen-bond donors (Lipinski definition) is 2. The maximum absolute atomic E-state index is 4.36. The molecule has 0 aliphatic carbocycles. The van der Waals surface area contributed by atoms with Crippen LogP contribution in [-0.4, -0.2) is 73.2 Å². The average Bonchev–Trinajstić information content (AvgIpc) is 2.66. The van der Waals surface area contributed by atoms with Crippen LogP contribution >= 0.6 is 24.0 Å². The highest BCUT2D eigenvalue weighted by Crippen LogP contribution is 2.21. The molecule has 1 aliphatic heterocycles. The predicted octanol–water partition coefficient (Wildman–Crippen LogP) is 2.60. The number of halogens is 1. The van der Waals surface area contributed by atoms with Gasteiger partial charge in [-0.2, -0.15) is 0 Å². The van der Waals surface area contributed by atoms with E-state index in [1.807, 2.05) is 13.1 Å². The Balaban J connectivity index is 0.00000392. The molecule has 0 bridgehead atoms. The molecule has 1 aliphatic rings. The minimum atomic E-state index is 0. The van der Waals surface area contributed by atoms with E-state index in [0.717, 1.165) is 57.6 Å². The molecular weight excluding hydrogens is 465 g/mol. The summed E-state index contributed by atoms with van der Waals surface area (Å²) in [5, 5.41) is 6.95. The number of anilines is 1. The molecule has 1 fully saturated rings. The first-order valence-corrected chi connectivity index (χ1v) is 10.1. The van der Waals surface area contributed by atoms with Gasteiger partial charge in [-0.15, -0.1) is 24.0 Å². The summed E-state index contributed by atoms with van der Waals surface area (Å²) in [6.45, 7) is 15.0. The van der Waals surface area contributed by atoms with Crippen molar-refractivity contribution in [3.05, 3.63) is 18.5 Å². The molecule has 1 unspecified atom stereocenters. The molecule has 0 aromatic carbocycles. The second-order valence-electron chi connectivity index (χ2n) is 8.52. The molecule has 0 saturated carbocycles. The van der Waals surface area contributed by atoms with Crippen molar-refractivity contribution in [1.29, 1.82) is 0 Å². The highest BCUT2D eigenvalue weighted by molar-refractivity contribution is 14.0. The van der Waals surface area contributed by atoms with Crippen LogP contribution in [0.4, 0.5) is 5.95 Å². The third-order valence-electron chi connectivity index (χ3n) is 4.86. The van der Waals surface area contributed by atoms with Gasteiger partial charge in [-0.05, 0) is 31.2 Å². The SMILES string of the molecule is CN=C(NCCN1CCN(c2ncccn2)CC1)NC(C)CCC(C)(C)C.I. The van der Waals surface area contributed by atoms with Gasteiger partial charge in [0.05, 0.1) is 0 Å². The predicted molar refractivity (Wildman–Crippen MR) is 129 cm³/mol. The van der Waals surface area contributed by atoms with Crippen LogP contribution < -0.4 is 15.5 Å². The van der Waals surface area contributed by atoms with Gasteiger partial charge in [0, 0.05) is 64.8 Å². The third kappa shape index (κ3) is 9.36. The van der Waals surface area contributed by atoms with E-state index in [0.29, 0.717) is 11.5 Å². The van der Waals surface area contributed by atoms with Crippen molar-refractivity contribution in [2.75, 3.05) is 51.2 Å². The lowest BCUT2D eigenvalue weighted by atomic mass is 9.89. The van der Waals surface area contributed by atoms with Gasteiger partial charge < -0.3 is 15.5 Å². The molecule has 1 atom stereocenters. The largest absolute Gasteiger partial charge is 0.355 e. The molecule has 8 heteroatoms. The van der Waals surface area contributed by atoms with Crippen LogP contribution in [0.5, 0.6) is 0 Å². The molecule has 2 rings (SSSR count). The van der Waals surface area contributed by atoms with Gasteiger partial charge in [0.25, 0.3) is 0 Å². The summed E-state index contributed by atoms with van der Waals surface area (Å²) in [7, 11) is 1.84. The van der Waals surface area contributed by atoms with E-state index in [-0.39, 0.29) is 24.0 Å². The monoisotopic (exact) mass is 503 g/mol. The second-order valence-corrected chi connectivity index (χ2v) is 8.52. The van der Waals surface area contributed by atoms with Gasteiger partial charge in [0.15, 0.2) is 5.96 Å². The number of guanidine groups is 1. The maximum Gasteiger partial charge on any atom is 0.225 e. The molecule has 1 aromatic heterocycles. The fourth-order valence-corrected chi connectivity index (χ4v) is 3.11. The quantitative estimate of drug-likeness (QED) is 0.339. The van der Waals surface area contributed by atoms with Gasteiger partial charge in [-0.25, -0.2) is 9.97 Å². The standard InChI is InChI=1S/C20H37N7.HI/c1-17(7-8-20(2,3)4)25-18(21-5)22-11-12-26-13-15-27(16-14-26)19-23-9-6-10-24-19;/h6,9-10,17H,7-8,11-16H2,1-5H3,(H2,21,22,25);1H. The lowest BCUT2D eigenvalue weighted by Crippen LogP contribution is -2.50. The summed E-state index contributed by atoms with van der Waals surface area (Å²) in [6.07, 6.45) is 5.96. The maximum atomic E-state index is 4.36. The molecule has 1 aromatic rings. The van der Waals surface area contributed by atoms with Crippen molar-refractivity contribution < 1.29 is 0 Å². The number of piperazine rings is 1. The topological polar surface area (TPSA) is 68.7 Å². The Kier molecular flexibility index (Phi) is 11.0. The van der Waals surface area contributed by atoms with Crippen LogP contribution in [0.1, 0.15) is 40.5 Å². The zero-order valence-electron chi connectivity index (χ0n) is 18.1. The van der Waals surface area contributed by atoms with Crippen molar-refractivity contribution in [3.8, 4) is 0 Å². The van der Waals surface area contributed by atoms with E-state index in [9.17, 15) is 0 Å². The highest BCUT2D eigenvalue weighted by atomic mass is 127. The Labute approximate surface area is 187 Å². The number of aliphatic imine (C=N–C) groups is 1. The molecule has 0 spiro atoms. The van der Waals surface area contributed by atoms with Gasteiger partial charge >= 0.3 is 0 Å². The molecule has 0 radical (unpaired) electrons. The van der Waals surface area contributed by atoms with Crippen LogP contribution in [0.25, 0.3) is 0 Å². The molecule has 0 amide bonds. The summed E-state index contributed by atoms with van der Waals surface area (Å²) in [5.41, 5.74) is 0.375. The molecular formula is C20H38IN7. The highest BCUT2D eigenvalue weighted by Gasteiger charge is 2.18. The minimum Gasteiger partial charge on any atom is -0.355 e. The Hall–Kier alpha value is -1.16. The Bertz CT molecular complexity index is 566. The van der Waals surface area contributed by atoms with Crippen LogP contribution in [0.15, 0.2) is 23.5 Å². The summed E-state index contributed by atoms with van der Waals surface area (Å²) >= 11 is 0. The molecule has 2 N–H and O–H groups in total. The normalized spacial score (nSPS) is 17.0. The number of rotatable bonds is 7. The summed E-state index contributed by atoms with van der Waals surface area (Å²) in [4.78, 5) is 17.8. The van der Waals surface area contributed by atoms with E-state index in [2.05, 4.69) is 63.1 Å². The lowest BCUT2D eigenvalue weighted by molar-refractivity contribution is 0.260. The van der Waals surface area contributed by atoms with Gasteiger partial charge in [0.2, 0.25) is 5.95 Å². The van der Waals surface area contributed by atoms with Crippen molar-refractivity contribution in [2.45, 2.75) is 46.6 Å². The Morgan fingerprint density at radius 3 is 2.39 bits per heavy atom. The number of nitrogens with one attached hydrogen (secondary N) is 2. The first-order chi connectivity index (χ1) is 12.9. The lowest BCUT2D eigenvalue weighted by Gasteiger charge is -2.34. The summed E-state index contributed by atoms with van der Waals surface area (Å²) < 4.78 is 0. The van der Waals surface area contributed by atoms with Crippen molar-refractivity contribution in [3.63, 3.8) is 0 Å². The van der Waals surface area contributed by atoms with Crippen molar-refractivity contribution in [2.24, 2.45) is 10.4 Å². The Morgan fingerprint density at radius 2 is 1.82 bits per heavy atom.